The Kier molecular flexibility index (Phi) is 9.01. The highest BCUT2D eigenvalue weighted by atomic mass is 16.6. The zero-order valence-electron chi connectivity index (χ0n) is 14.7. The fourth-order valence-electron chi connectivity index (χ4n) is 2.03. The minimum Gasteiger partial charge on any atom is -0.481 e. The highest BCUT2D eigenvalue weighted by Gasteiger charge is 2.23. The SMILES string of the molecule is O=C(O)CCCC(=O)OC(=O)c1ccccc1C(=O)OC(=O)CCCC(=O)O. The lowest BCUT2D eigenvalue weighted by atomic mass is 10.1. The third-order valence-electron chi connectivity index (χ3n) is 3.32. The molecule has 28 heavy (non-hydrogen) atoms. The normalized spacial score (nSPS) is 10.0. The van der Waals surface area contributed by atoms with Crippen LogP contribution in [0.25, 0.3) is 0 Å². The molecule has 0 bridgehead atoms. The molecule has 10 heteroatoms. The smallest absolute Gasteiger partial charge is 0.346 e. The van der Waals surface area contributed by atoms with Gasteiger partial charge in [0.05, 0.1) is 11.1 Å². The molecule has 0 saturated carbocycles. The summed E-state index contributed by atoms with van der Waals surface area (Å²) < 4.78 is 9.15. The first-order chi connectivity index (χ1) is 13.2. The van der Waals surface area contributed by atoms with Crippen molar-refractivity contribution in [2.45, 2.75) is 38.5 Å². The van der Waals surface area contributed by atoms with Crippen LogP contribution >= 0.6 is 0 Å². The molecule has 0 aliphatic rings. The van der Waals surface area contributed by atoms with Gasteiger partial charge in [-0.25, -0.2) is 9.59 Å². The molecule has 0 spiro atoms. The van der Waals surface area contributed by atoms with Gasteiger partial charge in [-0.2, -0.15) is 0 Å². The molecular formula is C18H18O10. The summed E-state index contributed by atoms with van der Waals surface area (Å²) in [4.78, 5) is 68.2. The van der Waals surface area contributed by atoms with Crippen molar-refractivity contribution in [2.24, 2.45) is 0 Å². The van der Waals surface area contributed by atoms with E-state index in [-0.39, 0.29) is 49.7 Å². The molecule has 0 saturated heterocycles. The first-order valence-electron chi connectivity index (χ1n) is 8.23. The third kappa shape index (κ3) is 8.21. The molecule has 0 aliphatic carbocycles. The maximum Gasteiger partial charge on any atom is 0.346 e. The molecule has 1 aromatic carbocycles. The van der Waals surface area contributed by atoms with Crippen LogP contribution in [0.1, 0.15) is 59.2 Å². The van der Waals surface area contributed by atoms with E-state index in [1.165, 1.54) is 24.3 Å². The average molecular weight is 394 g/mol. The minimum absolute atomic E-state index is 0.0179. The minimum atomic E-state index is -1.15. The van der Waals surface area contributed by atoms with Crippen molar-refractivity contribution in [2.75, 3.05) is 0 Å². The predicted octanol–water partition coefficient (Wildman–Crippen LogP) is 1.56. The molecule has 0 amide bonds. The summed E-state index contributed by atoms with van der Waals surface area (Å²) in [7, 11) is 0. The van der Waals surface area contributed by atoms with Crippen LogP contribution in [0.4, 0.5) is 0 Å². The van der Waals surface area contributed by atoms with E-state index in [9.17, 15) is 28.8 Å². The van der Waals surface area contributed by atoms with Gasteiger partial charge in [-0.15, -0.1) is 0 Å². The number of rotatable bonds is 10. The molecule has 1 aromatic rings. The van der Waals surface area contributed by atoms with E-state index < -0.39 is 35.8 Å². The summed E-state index contributed by atoms with van der Waals surface area (Å²) in [5.41, 5.74) is -0.616. The van der Waals surface area contributed by atoms with Gasteiger partial charge in [-0.1, -0.05) is 12.1 Å². The number of hydrogen-bond acceptors (Lipinski definition) is 8. The summed E-state index contributed by atoms with van der Waals surface area (Å²) in [6.45, 7) is 0. The Morgan fingerprint density at radius 1 is 0.643 bits per heavy atom. The first kappa shape index (κ1) is 22.5. The molecule has 0 aliphatic heterocycles. The van der Waals surface area contributed by atoms with Crippen molar-refractivity contribution in [1.29, 1.82) is 0 Å². The fraction of sp³-hybridized carbons (Fsp3) is 0.333. The Morgan fingerprint density at radius 3 is 1.32 bits per heavy atom. The van der Waals surface area contributed by atoms with Crippen molar-refractivity contribution >= 4 is 35.8 Å². The molecule has 0 radical (unpaired) electrons. The van der Waals surface area contributed by atoms with E-state index in [4.69, 9.17) is 10.2 Å². The molecule has 1 rings (SSSR count). The van der Waals surface area contributed by atoms with Crippen LogP contribution in [0.2, 0.25) is 0 Å². The molecule has 0 atom stereocenters. The van der Waals surface area contributed by atoms with Crippen LogP contribution < -0.4 is 0 Å². The zero-order chi connectivity index (χ0) is 21.1. The van der Waals surface area contributed by atoms with Gasteiger partial charge in [0.25, 0.3) is 0 Å². The second-order valence-electron chi connectivity index (χ2n) is 5.56. The number of carboxylic acids is 2. The van der Waals surface area contributed by atoms with E-state index in [2.05, 4.69) is 9.47 Å². The second kappa shape index (κ2) is 11.2. The first-order valence-corrected chi connectivity index (χ1v) is 8.23. The van der Waals surface area contributed by atoms with Gasteiger partial charge in [0, 0.05) is 25.7 Å². The monoisotopic (exact) mass is 394 g/mol. The third-order valence-corrected chi connectivity index (χ3v) is 3.32. The van der Waals surface area contributed by atoms with Gasteiger partial charge < -0.3 is 19.7 Å². The van der Waals surface area contributed by atoms with Crippen LogP contribution in [0, 0.1) is 0 Å². The van der Waals surface area contributed by atoms with Gasteiger partial charge in [0.15, 0.2) is 0 Å². The van der Waals surface area contributed by atoms with Gasteiger partial charge in [-0.05, 0) is 25.0 Å². The van der Waals surface area contributed by atoms with Crippen LogP contribution in [-0.4, -0.2) is 46.0 Å². The molecule has 10 nitrogen and oxygen atoms in total. The number of aliphatic carboxylic acids is 2. The number of carboxylic acid groups (broad SMARTS) is 2. The molecular weight excluding hydrogens is 376 g/mol. The second-order valence-corrected chi connectivity index (χ2v) is 5.56. The summed E-state index contributed by atoms with van der Waals surface area (Å²) in [5.74, 6) is -6.41. The Morgan fingerprint density at radius 2 is 1.00 bits per heavy atom. The Hall–Kier alpha value is -3.56. The van der Waals surface area contributed by atoms with Crippen molar-refractivity contribution in [1.82, 2.24) is 0 Å². The highest BCUT2D eigenvalue weighted by molar-refractivity contribution is 6.07. The van der Waals surface area contributed by atoms with Crippen molar-refractivity contribution in [3.8, 4) is 0 Å². The maximum absolute atomic E-state index is 12.1. The van der Waals surface area contributed by atoms with Crippen LogP contribution in [0.5, 0.6) is 0 Å². The number of esters is 4. The van der Waals surface area contributed by atoms with Gasteiger partial charge in [-0.3, -0.25) is 19.2 Å². The van der Waals surface area contributed by atoms with E-state index in [0.717, 1.165) is 0 Å². The Balaban J connectivity index is 2.69. The Labute approximate surface area is 159 Å². The fourth-order valence-corrected chi connectivity index (χ4v) is 2.03. The quantitative estimate of drug-likeness (QED) is 0.440. The van der Waals surface area contributed by atoms with Crippen molar-refractivity contribution < 1.29 is 48.5 Å². The molecule has 0 unspecified atom stereocenters. The number of carbonyl (C=O) groups is 6. The van der Waals surface area contributed by atoms with Gasteiger partial charge >= 0.3 is 35.8 Å². The van der Waals surface area contributed by atoms with Crippen LogP contribution in [0.3, 0.4) is 0 Å². The topological polar surface area (TPSA) is 161 Å². The summed E-state index contributed by atoms with van der Waals surface area (Å²) in [6.07, 6.45) is -1.17. The molecule has 150 valence electrons. The maximum atomic E-state index is 12.1. The van der Waals surface area contributed by atoms with E-state index >= 15 is 0 Å². The standard InChI is InChI=1S/C18H18O10/c19-13(20)7-3-9-15(23)27-17(25)11-5-1-2-6-12(11)18(26)28-16(24)10-4-8-14(21)22/h1-2,5-6H,3-4,7-10H2,(H,19,20)(H,21,22). The van der Waals surface area contributed by atoms with Crippen LogP contribution in [0.15, 0.2) is 24.3 Å². The Bertz CT molecular complexity index is 715. The molecule has 0 heterocycles. The molecule has 2 N–H and O–H groups in total. The number of benzene rings is 1. The highest BCUT2D eigenvalue weighted by Crippen LogP contribution is 2.14. The molecule has 0 aromatic heterocycles. The predicted molar refractivity (Wildman–Crippen MR) is 90.3 cm³/mol. The lowest BCUT2D eigenvalue weighted by Crippen LogP contribution is -2.19. The number of hydrogen-bond donors (Lipinski definition) is 2. The summed E-state index contributed by atoms with van der Waals surface area (Å²) >= 11 is 0. The molecule has 0 fully saturated rings. The van der Waals surface area contributed by atoms with E-state index in [1.807, 2.05) is 0 Å². The van der Waals surface area contributed by atoms with Gasteiger partial charge in [0.2, 0.25) is 0 Å². The summed E-state index contributed by atoms with van der Waals surface area (Å²) in [6, 6.07) is 5.19. The van der Waals surface area contributed by atoms with Crippen LogP contribution in [-0.2, 0) is 28.7 Å². The number of ether oxygens (including phenoxy) is 2. The largest absolute Gasteiger partial charge is 0.481 e. The van der Waals surface area contributed by atoms with E-state index in [0.29, 0.717) is 0 Å². The zero-order valence-corrected chi connectivity index (χ0v) is 14.7. The van der Waals surface area contributed by atoms with Crippen molar-refractivity contribution in [3.63, 3.8) is 0 Å². The lowest BCUT2D eigenvalue weighted by molar-refractivity contribution is -0.141. The summed E-state index contributed by atoms with van der Waals surface area (Å²) in [5, 5.41) is 17.0. The van der Waals surface area contributed by atoms with Crippen molar-refractivity contribution in [3.05, 3.63) is 35.4 Å². The average Bonchev–Trinajstić information content (AvgIpc) is 2.60. The lowest BCUT2D eigenvalue weighted by Gasteiger charge is -2.08. The van der Waals surface area contributed by atoms with E-state index in [1.54, 1.807) is 0 Å². The van der Waals surface area contributed by atoms with Gasteiger partial charge in [0.1, 0.15) is 0 Å². The number of carbonyl (C=O) groups excluding carboxylic acids is 4.